The molecule has 8 aromatic carbocycles. The van der Waals surface area contributed by atoms with E-state index >= 15 is 0 Å². The zero-order valence-electron chi connectivity index (χ0n) is 27.3. The van der Waals surface area contributed by atoms with E-state index in [0.717, 1.165) is 29.9 Å². The summed E-state index contributed by atoms with van der Waals surface area (Å²) in [5.74, 6) is 0. The molecule has 0 radical (unpaired) electrons. The van der Waals surface area contributed by atoms with Crippen LogP contribution in [0.4, 0.5) is 17.1 Å². The van der Waals surface area contributed by atoms with Crippen molar-refractivity contribution in [2.45, 2.75) is 12.8 Å². The lowest BCUT2D eigenvalue weighted by molar-refractivity contribution is 1.04. The lowest BCUT2D eigenvalue weighted by atomic mass is 9.85. The summed E-state index contributed by atoms with van der Waals surface area (Å²) in [5, 5.41) is 7.45. The molecule has 0 bridgehead atoms. The molecule has 0 spiro atoms. The van der Waals surface area contributed by atoms with Gasteiger partial charge >= 0.3 is 0 Å². The molecule has 0 fully saturated rings. The Hall–Kier alpha value is -6.18. The quantitative estimate of drug-likeness (QED) is 0.166. The monoisotopic (exact) mass is 625 g/mol. The second kappa shape index (κ2) is 12.4. The number of hydrogen-bond acceptors (Lipinski definition) is 1. The van der Waals surface area contributed by atoms with Crippen LogP contribution in [-0.2, 0) is 0 Å². The largest absolute Gasteiger partial charge is 0.310 e. The molecule has 49 heavy (non-hydrogen) atoms. The van der Waals surface area contributed by atoms with Crippen molar-refractivity contribution >= 4 is 55.0 Å². The van der Waals surface area contributed by atoms with E-state index in [1.54, 1.807) is 0 Å². The maximum atomic E-state index is 2.43. The third kappa shape index (κ3) is 5.21. The summed E-state index contributed by atoms with van der Waals surface area (Å²) in [6, 6.07) is 62.1. The Labute approximate surface area is 287 Å². The summed E-state index contributed by atoms with van der Waals surface area (Å²) in [4.78, 5) is 2.43. The Balaban J connectivity index is 1.34. The number of hydrogen-bond donors (Lipinski definition) is 0. The summed E-state index contributed by atoms with van der Waals surface area (Å²) in [6.07, 6.45) is 9.09. The van der Waals surface area contributed by atoms with Gasteiger partial charge in [-0.05, 0) is 103 Å². The number of benzene rings is 8. The van der Waals surface area contributed by atoms with E-state index in [2.05, 4.69) is 193 Å². The van der Waals surface area contributed by atoms with Gasteiger partial charge in [-0.15, -0.1) is 0 Å². The highest BCUT2D eigenvalue weighted by Gasteiger charge is 2.21. The van der Waals surface area contributed by atoms with Gasteiger partial charge in [0.1, 0.15) is 0 Å². The molecule has 0 atom stereocenters. The minimum atomic E-state index is 1.09. The average Bonchev–Trinajstić information content (AvgIpc) is 3.18. The Morgan fingerprint density at radius 2 is 0.959 bits per heavy atom. The predicted octanol–water partition coefficient (Wildman–Crippen LogP) is 13.7. The molecule has 0 N–H and O–H groups in total. The van der Waals surface area contributed by atoms with E-state index in [9.17, 15) is 0 Å². The first-order valence-corrected chi connectivity index (χ1v) is 17.2. The van der Waals surface area contributed by atoms with Gasteiger partial charge in [0.25, 0.3) is 0 Å². The van der Waals surface area contributed by atoms with Gasteiger partial charge in [-0.2, -0.15) is 0 Å². The number of fused-ring (bicyclic) bond motifs is 3. The molecule has 0 amide bonds. The van der Waals surface area contributed by atoms with Crippen LogP contribution >= 0.6 is 0 Å². The molecular weight excluding hydrogens is 591 g/mol. The zero-order valence-corrected chi connectivity index (χ0v) is 27.3. The maximum Gasteiger partial charge on any atom is 0.0540 e. The molecule has 1 aliphatic carbocycles. The van der Waals surface area contributed by atoms with Crippen molar-refractivity contribution in [3.05, 3.63) is 194 Å². The number of allylic oxidation sites excluding steroid dienone is 4. The molecule has 0 saturated carbocycles. The first-order valence-electron chi connectivity index (χ1n) is 17.2. The van der Waals surface area contributed by atoms with Crippen molar-refractivity contribution in [3.63, 3.8) is 0 Å². The molecule has 1 aliphatic rings. The van der Waals surface area contributed by atoms with Crippen molar-refractivity contribution in [2.24, 2.45) is 0 Å². The van der Waals surface area contributed by atoms with Crippen molar-refractivity contribution in [3.8, 4) is 22.3 Å². The van der Waals surface area contributed by atoms with Crippen molar-refractivity contribution in [1.82, 2.24) is 0 Å². The SMILES string of the molecule is C1=CC(c2ccc(N(c3ccc4c(-c5ccccc5)c5ccccc5c(-c5ccccc5)c4c3)c3cccc4ccccc34)cc2)=CCC1. The number of anilines is 3. The zero-order chi connectivity index (χ0) is 32.6. The molecule has 0 saturated heterocycles. The fourth-order valence-corrected chi connectivity index (χ4v) is 7.60. The van der Waals surface area contributed by atoms with Crippen LogP contribution < -0.4 is 4.90 Å². The second-order valence-electron chi connectivity index (χ2n) is 12.8. The minimum Gasteiger partial charge on any atom is -0.310 e. The maximum absolute atomic E-state index is 2.43. The van der Waals surface area contributed by atoms with Crippen LogP contribution in [0.25, 0.3) is 60.1 Å². The Kier molecular flexibility index (Phi) is 7.37. The standard InChI is InChI=1S/C48H35N/c1-4-15-34(16-5-1)35-27-29-39(30-28-35)49(46-26-14-22-36-17-10-11-23-41(36)46)40-31-32-44-45(33-40)48(38-20-8-3-9-21-38)43-25-13-12-24-42(43)47(44)37-18-6-2-7-19-37/h2-4,6-33H,1,5H2. The van der Waals surface area contributed by atoms with E-state index in [4.69, 9.17) is 0 Å². The van der Waals surface area contributed by atoms with Crippen LogP contribution in [-0.4, -0.2) is 0 Å². The lowest BCUT2D eigenvalue weighted by Gasteiger charge is -2.28. The van der Waals surface area contributed by atoms with E-state index in [1.165, 1.54) is 65.7 Å². The van der Waals surface area contributed by atoms with Crippen LogP contribution in [0.15, 0.2) is 188 Å². The Bertz CT molecular complexity index is 2520. The summed E-state index contributed by atoms with van der Waals surface area (Å²) >= 11 is 0. The molecule has 1 nitrogen and oxygen atoms in total. The van der Waals surface area contributed by atoms with Crippen LogP contribution in [0, 0.1) is 0 Å². The fourth-order valence-electron chi connectivity index (χ4n) is 7.60. The van der Waals surface area contributed by atoms with Crippen LogP contribution in [0.3, 0.4) is 0 Å². The van der Waals surface area contributed by atoms with Gasteiger partial charge in [-0.25, -0.2) is 0 Å². The number of rotatable bonds is 6. The number of nitrogens with zero attached hydrogens (tertiary/aromatic N) is 1. The molecule has 0 unspecified atom stereocenters. The fraction of sp³-hybridized carbons (Fsp3) is 0.0417. The van der Waals surface area contributed by atoms with Gasteiger partial charge in [0.05, 0.1) is 5.69 Å². The average molecular weight is 626 g/mol. The highest BCUT2D eigenvalue weighted by molar-refractivity contribution is 6.22. The minimum absolute atomic E-state index is 1.09. The predicted molar refractivity (Wildman–Crippen MR) is 211 cm³/mol. The first-order chi connectivity index (χ1) is 24.3. The third-order valence-corrected chi connectivity index (χ3v) is 9.85. The molecular formula is C48H35N. The normalized spacial score (nSPS) is 12.8. The van der Waals surface area contributed by atoms with E-state index < -0.39 is 0 Å². The topological polar surface area (TPSA) is 3.24 Å². The Morgan fingerprint density at radius 3 is 1.63 bits per heavy atom. The molecule has 1 heteroatoms. The highest BCUT2D eigenvalue weighted by Crippen LogP contribution is 2.47. The van der Waals surface area contributed by atoms with Crippen molar-refractivity contribution < 1.29 is 0 Å². The van der Waals surface area contributed by atoms with E-state index in [-0.39, 0.29) is 0 Å². The highest BCUT2D eigenvalue weighted by atomic mass is 15.1. The van der Waals surface area contributed by atoms with Crippen molar-refractivity contribution in [1.29, 1.82) is 0 Å². The summed E-state index contributed by atoms with van der Waals surface area (Å²) in [5.41, 5.74) is 10.9. The third-order valence-electron chi connectivity index (χ3n) is 9.85. The summed E-state index contributed by atoms with van der Waals surface area (Å²) < 4.78 is 0. The Morgan fingerprint density at radius 1 is 0.388 bits per heavy atom. The summed E-state index contributed by atoms with van der Waals surface area (Å²) in [7, 11) is 0. The lowest BCUT2D eigenvalue weighted by Crippen LogP contribution is -2.10. The van der Waals surface area contributed by atoms with Gasteiger partial charge in [-0.3, -0.25) is 0 Å². The first kappa shape index (κ1) is 29.0. The molecule has 0 heterocycles. The van der Waals surface area contributed by atoms with Crippen molar-refractivity contribution in [2.75, 3.05) is 4.90 Å². The summed E-state index contributed by atoms with van der Waals surface area (Å²) in [6.45, 7) is 0. The molecule has 0 aromatic heterocycles. The molecule has 8 aromatic rings. The van der Waals surface area contributed by atoms with Crippen LogP contribution in [0.2, 0.25) is 0 Å². The van der Waals surface area contributed by atoms with Gasteiger partial charge in [-0.1, -0.05) is 158 Å². The van der Waals surface area contributed by atoms with Gasteiger partial charge in [0, 0.05) is 16.8 Å². The van der Waals surface area contributed by atoms with Gasteiger partial charge < -0.3 is 4.90 Å². The molecule has 232 valence electrons. The van der Waals surface area contributed by atoms with E-state index in [1.807, 2.05) is 0 Å². The van der Waals surface area contributed by atoms with E-state index in [0.29, 0.717) is 0 Å². The molecule has 0 aliphatic heterocycles. The van der Waals surface area contributed by atoms with Crippen LogP contribution in [0.1, 0.15) is 18.4 Å². The van der Waals surface area contributed by atoms with Gasteiger partial charge in [0.2, 0.25) is 0 Å². The smallest absolute Gasteiger partial charge is 0.0540 e. The second-order valence-corrected chi connectivity index (χ2v) is 12.8. The van der Waals surface area contributed by atoms with Crippen LogP contribution in [0.5, 0.6) is 0 Å². The molecule has 9 rings (SSSR count). The van der Waals surface area contributed by atoms with Gasteiger partial charge in [0.15, 0.2) is 0 Å².